The van der Waals surface area contributed by atoms with Crippen LogP contribution in [0, 0.1) is 0 Å². The lowest BCUT2D eigenvalue weighted by Gasteiger charge is -2.44. The van der Waals surface area contributed by atoms with Crippen LogP contribution in [0.4, 0.5) is 4.79 Å². The molecule has 1 amide bonds. The van der Waals surface area contributed by atoms with Crippen molar-refractivity contribution < 1.29 is 19.4 Å². The minimum absolute atomic E-state index is 0.0981. The summed E-state index contributed by atoms with van der Waals surface area (Å²) < 4.78 is 10.7. The predicted octanol–water partition coefficient (Wildman–Crippen LogP) is 1.01. The monoisotopic (exact) mass is 357 g/mol. The number of aliphatic hydroxyl groups is 1. The summed E-state index contributed by atoms with van der Waals surface area (Å²) in [4.78, 5) is 18.6. The van der Waals surface area contributed by atoms with Gasteiger partial charge in [0.15, 0.2) is 0 Å². The molecule has 0 saturated carbocycles. The van der Waals surface area contributed by atoms with E-state index in [4.69, 9.17) is 9.47 Å². The van der Waals surface area contributed by atoms with Gasteiger partial charge in [0, 0.05) is 51.4 Å². The topological polar surface area (TPSA) is 65.5 Å². The Hall–Kier alpha value is -0.890. The molecular weight excluding hydrogens is 322 g/mol. The van der Waals surface area contributed by atoms with E-state index in [2.05, 4.69) is 23.6 Å². The van der Waals surface area contributed by atoms with Gasteiger partial charge in [-0.15, -0.1) is 0 Å². The number of ether oxygens (including phenoxy) is 2. The molecule has 7 heteroatoms. The van der Waals surface area contributed by atoms with Crippen molar-refractivity contribution >= 4 is 6.09 Å². The van der Waals surface area contributed by atoms with Gasteiger partial charge in [0.05, 0.1) is 25.9 Å². The van der Waals surface area contributed by atoms with Gasteiger partial charge in [-0.2, -0.15) is 0 Å². The van der Waals surface area contributed by atoms with E-state index in [-0.39, 0.29) is 24.3 Å². The summed E-state index contributed by atoms with van der Waals surface area (Å²) in [5, 5.41) is 10.4. The normalized spacial score (nSPS) is 27.3. The lowest BCUT2D eigenvalue weighted by molar-refractivity contribution is -0.0149. The first kappa shape index (κ1) is 20.4. The van der Waals surface area contributed by atoms with E-state index >= 15 is 0 Å². The summed E-state index contributed by atoms with van der Waals surface area (Å²) in [5.41, 5.74) is 0. The van der Waals surface area contributed by atoms with Gasteiger partial charge < -0.3 is 19.5 Å². The Morgan fingerprint density at radius 1 is 1.20 bits per heavy atom. The highest BCUT2D eigenvalue weighted by Crippen LogP contribution is 2.17. The summed E-state index contributed by atoms with van der Waals surface area (Å²) in [6.45, 7) is 12.8. The van der Waals surface area contributed by atoms with Gasteiger partial charge >= 0.3 is 6.09 Å². The van der Waals surface area contributed by atoms with Crippen LogP contribution < -0.4 is 0 Å². The minimum Gasteiger partial charge on any atom is -0.449 e. The average Bonchev–Trinajstić information content (AvgIpc) is 2.58. The third kappa shape index (κ3) is 6.40. The molecule has 0 aromatic carbocycles. The average molecular weight is 357 g/mol. The second-order valence-corrected chi connectivity index (χ2v) is 7.34. The number of β-amino-alcohol motifs (C(OH)–C–C–N with tert-alkyl or cyclic N) is 1. The number of hydrogen-bond acceptors (Lipinski definition) is 6. The van der Waals surface area contributed by atoms with Crippen LogP contribution in [0.25, 0.3) is 0 Å². The number of hydrogen-bond donors (Lipinski definition) is 1. The molecule has 0 spiro atoms. The standard InChI is InChI=1S/C18H35N3O4/c1-4-5-8-25-18(23)21-12-15(2)20(11-16(21)3)14-17(22)13-19-6-9-24-10-7-19/h15-17,22H,4-14H2,1-3H3. The van der Waals surface area contributed by atoms with Gasteiger partial charge in [-0.1, -0.05) is 13.3 Å². The summed E-state index contributed by atoms with van der Waals surface area (Å²) in [6, 6.07) is 0.315. The van der Waals surface area contributed by atoms with Crippen LogP contribution in [0.1, 0.15) is 33.6 Å². The Morgan fingerprint density at radius 3 is 2.60 bits per heavy atom. The highest BCUT2D eigenvalue weighted by atomic mass is 16.6. The molecular formula is C18H35N3O4. The van der Waals surface area contributed by atoms with Crippen LogP contribution in [-0.4, -0.2) is 103 Å². The quantitative estimate of drug-likeness (QED) is 0.686. The zero-order valence-electron chi connectivity index (χ0n) is 16.0. The van der Waals surface area contributed by atoms with Gasteiger partial charge in [-0.3, -0.25) is 9.80 Å². The van der Waals surface area contributed by atoms with Gasteiger partial charge in [-0.25, -0.2) is 4.79 Å². The molecule has 0 aromatic heterocycles. The van der Waals surface area contributed by atoms with Crippen molar-refractivity contribution in [2.75, 3.05) is 59.1 Å². The molecule has 25 heavy (non-hydrogen) atoms. The minimum atomic E-state index is -0.379. The maximum atomic E-state index is 12.2. The SMILES string of the molecule is CCCCOC(=O)N1CC(C)N(CC(O)CN2CCOCC2)CC1C. The van der Waals surface area contributed by atoms with Crippen LogP contribution in [0.3, 0.4) is 0 Å². The number of piperazine rings is 1. The third-order valence-electron chi connectivity index (χ3n) is 5.09. The molecule has 0 radical (unpaired) electrons. The fraction of sp³-hybridized carbons (Fsp3) is 0.944. The Balaban J connectivity index is 1.77. The fourth-order valence-electron chi connectivity index (χ4n) is 3.50. The molecule has 2 heterocycles. The molecule has 0 bridgehead atoms. The fourth-order valence-corrected chi connectivity index (χ4v) is 3.50. The van der Waals surface area contributed by atoms with E-state index < -0.39 is 0 Å². The van der Waals surface area contributed by atoms with E-state index in [9.17, 15) is 9.90 Å². The van der Waals surface area contributed by atoms with Gasteiger partial charge in [0.1, 0.15) is 0 Å². The Bertz CT molecular complexity index is 404. The smallest absolute Gasteiger partial charge is 0.410 e. The number of amides is 1. The molecule has 3 unspecified atom stereocenters. The molecule has 2 aliphatic rings. The van der Waals surface area contributed by atoms with Crippen molar-refractivity contribution in [3.8, 4) is 0 Å². The second kappa shape index (κ2) is 10.3. The van der Waals surface area contributed by atoms with E-state index in [1.54, 1.807) is 0 Å². The number of aliphatic hydroxyl groups excluding tert-OH is 1. The van der Waals surface area contributed by atoms with E-state index in [0.717, 1.165) is 45.7 Å². The predicted molar refractivity (Wildman–Crippen MR) is 96.7 cm³/mol. The maximum absolute atomic E-state index is 12.2. The number of carbonyl (C=O) groups is 1. The summed E-state index contributed by atoms with van der Waals surface area (Å²) in [7, 11) is 0. The van der Waals surface area contributed by atoms with E-state index in [1.807, 2.05) is 11.8 Å². The molecule has 2 aliphatic heterocycles. The van der Waals surface area contributed by atoms with E-state index in [0.29, 0.717) is 26.2 Å². The van der Waals surface area contributed by atoms with Crippen molar-refractivity contribution in [1.82, 2.24) is 14.7 Å². The van der Waals surface area contributed by atoms with Crippen molar-refractivity contribution in [2.45, 2.75) is 51.8 Å². The molecule has 1 N–H and O–H groups in total. The second-order valence-electron chi connectivity index (χ2n) is 7.34. The van der Waals surface area contributed by atoms with Crippen molar-refractivity contribution in [2.24, 2.45) is 0 Å². The van der Waals surface area contributed by atoms with Gasteiger partial charge in [0.25, 0.3) is 0 Å². The largest absolute Gasteiger partial charge is 0.449 e. The summed E-state index contributed by atoms with van der Waals surface area (Å²) in [6.07, 6.45) is 1.34. The molecule has 3 atom stereocenters. The van der Waals surface area contributed by atoms with Crippen molar-refractivity contribution in [3.05, 3.63) is 0 Å². The van der Waals surface area contributed by atoms with Crippen LogP contribution in [0.15, 0.2) is 0 Å². The maximum Gasteiger partial charge on any atom is 0.410 e. The Kier molecular flexibility index (Phi) is 8.42. The summed E-state index contributed by atoms with van der Waals surface area (Å²) >= 11 is 0. The molecule has 0 aliphatic carbocycles. The molecule has 2 fully saturated rings. The van der Waals surface area contributed by atoms with Crippen LogP contribution in [0.2, 0.25) is 0 Å². The zero-order valence-corrected chi connectivity index (χ0v) is 16.0. The Morgan fingerprint density at radius 2 is 1.92 bits per heavy atom. The zero-order chi connectivity index (χ0) is 18.2. The molecule has 146 valence electrons. The third-order valence-corrected chi connectivity index (χ3v) is 5.09. The van der Waals surface area contributed by atoms with Gasteiger partial charge in [0.2, 0.25) is 0 Å². The van der Waals surface area contributed by atoms with Crippen LogP contribution >= 0.6 is 0 Å². The molecule has 0 aromatic rings. The lowest BCUT2D eigenvalue weighted by atomic mass is 10.1. The van der Waals surface area contributed by atoms with Crippen LogP contribution in [0.5, 0.6) is 0 Å². The Labute approximate surface area is 151 Å². The number of carbonyl (C=O) groups excluding carboxylic acids is 1. The first-order valence-corrected chi connectivity index (χ1v) is 9.66. The number of unbranched alkanes of at least 4 members (excludes halogenated alkanes) is 1. The van der Waals surface area contributed by atoms with Crippen LogP contribution in [-0.2, 0) is 9.47 Å². The highest BCUT2D eigenvalue weighted by molar-refractivity contribution is 5.68. The first-order valence-electron chi connectivity index (χ1n) is 9.66. The summed E-state index contributed by atoms with van der Waals surface area (Å²) in [5.74, 6) is 0. The lowest BCUT2D eigenvalue weighted by Crippen LogP contribution is -2.59. The number of nitrogens with zero attached hydrogens (tertiary/aromatic N) is 3. The highest BCUT2D eigenvalue weighted by Gasteiger charge is 2.33. The first-order chi connectivity index (χ1) is 12.0. The van der Waals surface area contributed by atoms with Gasteiger partial charge in [-0.05, 0) is 20.3 Å². The van der Waals surface area contributed by atoms with Crippen molar-refractivity contribution in [1.29, 1.82) is 0 Å². The molecule has 7 nitrogen and oxygen atoms in total. The van der Waals surface area contributed by atoms with Crippen molar-refractivity contribution in [3.63, 3.8) is 0 Å². The van der Waals surface area contributed by atoms with E-state index in [1.165, 1.54) is 0 Å². The number of rotatable bonds is 7. The number of morpholine rings is 1. The molecule has 2 rings (SSSR count). The molecule has 2 saturated heterocycles.